The van der Waals surface area contributed by atoms with Gasteiger partial charge in [0.2, 0.25) is 0 Å². The number of β-amino-alcohol motifs (C(OH)–C–C–N with tert-alkyl or cyclic N) is 1. The average Bonchev–Trinajstić information content (AvgIpc) is 3.08. The monoisotopic (exact) mass is 263 g/mol. The first-order valence-corrected chi connectivity index (χ1v) is 7.18. The van der Waals surface area contributed by atoms with Crippen molar-refractivity contribution < 1.29 is 9.90 Å². The van der Waals surface area contributed by atoms with E-state index in [1.807, 2.05) is 11.6 Å². The molecule has 1 aromatic rings. The van der Waals surface area contributed by atoms with Crippen LogP contribution in [0.4, 0.5) is 0 Å². The number of carbonyl (C=O) groups excluding carboxylic acids is 1. The van der Waals surface area contributed by atoms with Crippen molar-refractivity contribution in [2.24, 2.45) is 0 Å². The Morgan fingerprint density at radius 1 is 1.37 bits per heavy atom. The minimum atomic E-state index is -0.367. The fourth-order valence-electron chi connectivity index (χ4n) is 3.25. The van der Waals surface area contributed by atoms with Crippen molar-refractivity contribution in [1.29, 1.82) is 0 Å². The van der Waals surface area contributed by atoms with E-state index < -0.39 is 0 Å². The number of nitrogens with zero attached hydrogens (tertiary/aromatic N) is 3. The van der Waals surface area contributed by atoms with Gasteiger partial charge < -0.3 is 10.0 Å². The summed E-state index contributed by atoms with van der Waals surface area (Å²) in [6.45, 7) is 3.08. The lowest BCUT2D eigenvalue weighted by Gasteiger charge is -2.16. The number of rotatable bonds is 2. The second kappa shape index (κ2) is 4.96. The van der Waals surface area contributed by atoms with E-state index in [4.69, 9.17) is 0 Å². The first-order chi connectivity index (χ1) is 9.16. The van der Waals surface area contributed by atoms with E-state index in [-0.39, 0.29) is 12.0 Å². The van der Waals surface area contributed by atoms with E-state index >= 15 is 0 Å². The fourth-order valence-corrected chi connectivity index (χ4v) is 3.25. The Morgan fingerprint density at radius 2 is 2.11 bits per heavy atom. The highest BCUT2D eigenvalue weighted by molar-refractivity contribution is 5.95. The Kier molecular flexibility index (Phi) is 3.31. The Hall–Kier alpha value is -1.36. The van der Waals surface area contributed by atoms with Crippen molar-refractivity contribution in [1.82, 2.24) is 14.7 Å². The standard InChI is InChI=1S/C14H21N3O2/c1-10-13(14(19)16-7-6-12(18)9-16)8-15-17(10)11-4-2-3-5-11/h8,11-12,18H,2-7,9H2,1H3/t12-/m1/s1. The molecule has 1 atom stereocenters. The summed E-state index contributed by atoms with van der Waals surface area (Å²) in [6, 6.07) is 0.464. The van der Waals surface area contributed by atoms with Crippen LogP contribution >= 0.6 is 0 Å². The van der Waals surface area contributed by atoms with E-state index in [1.165, 1.54) is 25.7 Å². The van der Waals surface area contributed by atoms with Crippen LogP contribution in [0.15, 0.2) is 6.20 Å². The molecule has 0 spiro atoms. The van der Waals surface area contributed by atoms with E-state index in [0.717, 1.165) is 5.69 Å². The molecule has 1 amide bonds. The minimum absolute atomic E-state index is 0.0123. The number of likely N-dealkylation sites (tertiary alicyclic amines) is 1. The Bertz CT molecular complexity index is 477. The Labute approximate surface area is 113 Å². The second-order valence-corrected chi connectivity index (χ2v) is 5.72. The van der Waals surface area contributed by atoms with Crippen LogP contribution in [0.1, 0.15) is 54.2 Å². The molecule has 1 N–H and O–H groups in total. The number of carbonyl (C=O) groups is 1. The molecule has 1 aliphatic heterocycles. The lowest BCUT2D eigenvalue weighted by molar-refractivity contribution is 0.0764. The molecule has 0 radical (unpaired) electrons. The second-order valence-electron chi connectivity index (χ2n) is 5.72. The van der Waals surface area contributed by atoms with Crippen LogP contribution in [0.5, 0.6) is 0 Å². The molecule has 19 heavy (non-hydrogen) atoms. The number of hydrogen-bond donors (Lipinski definition) is 1. The SMILES string of the molecule is Cc1c(C(=O)N2CC[C@@H](O)C2)cnn1C1CCCC1. The number of hydrogen-bond acceptors (Lipinski definition) is 3. The largest absolute Gasteiger partial charge is 0.391 e. The topological polar surface area (TPSA) is 58.4 Å². The fraction of sp³-hybridized carbons (Fsp3) is 0.714. The van der Waals surface area contributed by atoms with E-state index in [1.54, 1.807) is 11.1 Å². The van der Waals surface area contributed by atoms with Crippen LogP contribution in [0.3, 0.4) is 0 Å². The predicted octanol–water partition coefficient (Wildman–Crippen LogP) is 1.51. The normalized spacial score (nSPS) is 24.3. The van der Waals surface area contributed by atoms with Gasteiger partial charge in [-0.1, -0.05) is 12.8 Å². The van der Waals surface area contributed by atoms with E-state index in [0.29, 0.717) is 31.1 Å². The molecule has 0 aromatic carbocycles. The van der Waals surface area contributed by atoms with Crippen LogP contribution in [0, 0.1) is 6.92 Å². The third kappa shape index (κ3) is 2.27. The first-order valence-electron chi connectivity index (χ1n) is 7.18. The van der Waals surface area contributed by atoms with Crippen LogP contribution in [0.25, 0.3) is 0 Å². The van der Waals surface area contributed by atoms with E-state index in [2.05, 4.69) is 5.10 Å². The van der Waals surface area contributed by atoms with Crippen molar-refractivity contribution in [2.45, 2.75) is 51.2 Å². The summed E-state index contributed by atoms with van der Waals surface area (Å²) in [5.41, 5.74) is 1.67. The van der Waals surface area contributed by atoms with Crippen LogP contribution in [-0.2, 0) is 0 Å². The van der Waals surface area contributed by atoms with Gasteiger partial charge in [-0.15, -0.1) is 0 Å². The Morgan fingerprint density at radius 3 is 2.74 bits per heavy atom. The summed E-state index contributed by atoms with van der Waals surface area (Å²) in [5, 5.41) is 13.9. The van der Waals surface area contributed by atoms with Gasteiger partial charge in [0.05, 0.1) is 23.9 Å². The van der Waals surface area contributed by atoms with Crippen LogP contribution in [0.2, 0.25) is 0 Å². The molecule has 0 unspecified atom stereocenters. The van der Waals surface area contributed by atoms with Gasteiger partial charge in [0, 0.05) is 18.8 Å². The van der Waals surface area contributed by atoms with Crippen molar-refractivity contribution >= 4 is 5.91 Å². The zero-order valence-corrected chi connectivity index (χ0v) is 11.4. The number of aliphatic hydroxyl groups excluding tert-OH is 1. The lowest BCUT2D eigenvalue weighted by Crippen LogP contribution is -2.30. The van der Waals surface area contributed by atoms with Gasteiger partial charge in [0.1, 0.15) is 0 Å². The van der Waals surface area contributed by atoms with Gasteiger partial charge in [0.15, 0.2) is 0 Å². The van der Waals surface area contributed by atoms with Gasteiger partial charge in [-0.2, -0.15) is 5.10 Å². The minimum Gasteiger partial charge on any atom is -0.391 e. The molecule has 5 nitrogen and oxygen atoms in total. The molecule has 3 rings (SSSR count). The Balaban J connectivity index is 1.79. The molecule has 5 heteroatoms. The maximum Gasteiger partial charge on any atom is 0.257 e. The molecule has 104 valence electrons. The summed E-state index contributed by atoms with van der Waals surface area (Å²) < 4.78 is 2.02. The summed E-state index contributed by atoms with van der Waals surface area (Å²) in [6.07, 6.45) is 6.85. The lowest BCUT2D eigenvalue weighted by atomic mass is 10.2. The molecule has 1 aromatic heterocycles. The number of amides is 1. The third-order valence-corrected chi connectivity index (χ3v) is 4.40. The van der Waals surface area contributed by atoms with E-state index in [9.17, 15) is 9.90 Å². The van der Waals surface area contributed by atoms with Gasteiger partial charge in [-0.05, 0) is 26.2 Å². The van der Waals surface area contributed by atoms with Gasteiger partial charge >= 0.3 is 0 Å². The first kappa shape index (κ1) is 12.7. The highest BCUT2D eigenvalue weighted by Gasteiger charge is 2.29. The molecule has 0 bridgehead atoms. The molecule has 2 heterocycles. The van der Waals surface area contributed by atoms with Crippen molar-refractivity contribution in [3.05, 3.63) is 17.5 Å². The van der Waals surface area contributed by atoms with Crippen molar-refractivity contribution in [2.75, 3.05) is 13.1 Å². The highest BCUT2D eigenvalue weighted by Crippen LogP contribution is 2.30. The van der Waals surface area contributed by atoms with Gasteiger partial charge in [0.25, 0.3) is 5.91 Å². The molecular formula is C14H21N3O2. The number of aromatic nitrogens is 2. The van der Waals surface area contributed by atoms with Gasteiger partial charge in [-0.3, -0.25) is 9.48 Å². The molecule has 1 saturated heterocycles. The molecular weight excluding hydrogens is 242 g/mol. The van der Waals surface area contributed by atoms with Gasteiger partial charge in [-0.25, -0.2) is 0 Å². The molecule has 2 fully saturated rings. The third-order valence-electron chi connectivity index (χ3n) is 4.40. The summed E-state index contributed by atoms with van der Waals surface area (Å²) in [7, 11) is 0. The smallest absolute Gasteiger partial charge is 0.257 e. The van der Waals surface area contributed by atoms with Crippen molar-refractivity contribution in [3.8, 4) is 0 Å². The number of aliphatic hydroxyl groups is 1. The average molecular weight is 263 g/mol. The zero-order valence-electron chi connectivity index (χ0n) is 11.4. The van der Waals surface area contributed by atoms with Crippen LogP contribution in [-0.4, -0.2) is 44.9 Å². The molecule has 1 saturated carbocycles. The summed E-state index contributed by atoms with van der Waals surface area (Å²) in [5.74, 6) is 0.0123. The summed E-state index contributed by atoms with van der Waals surface area (Å²) >= 11 is 0. The molecule has 2 aliphatic rings. The molecule has 1 aliphatic carbocycles. The van der Waals surface area contributed by atoms with Crippen molar-refractivity contribution in [3.63, 3.8) is 0 Å². The highest BCUT2D eigenvalue weighted by atomic mass is 16.3. The zero-order chi connectivity index (χ0) is 13.4. The van der Waals surface area contributed by atoms with Crippen LogP contribution < -0.4 is 0 Å². The quantitative estimate of drug-likeness (QED) is 0.880. The predicted molar refractivity (Wildman–Crippen MR) is 71.0 cm³/mol. The maximum atomic E-state index is 12.4. The maximum absolute atomic E-state index is 12.4. The summed E-state index contributed by atoms with van der Waals surface area (Å²) in [4.78, 5) is 14.1.